The minimum Gasteiger partial charge on any atom is -0.326 e. The van der Waals surface area contributed by atoms with E-state index in [4.69, 9.17) is 0 Å². The standard InChI is InChI=1S/C11H12N4/c1-3-12-4-2-9(1)11-14-8-10-7-13-5-6-15(10)11/h1-4,8,13H,5-7H2. The fourth-order valence-electron chi connectivity index (χ4n) is 1.94. The maximum Gasteiger partial charge on any atom is 0.140 e. The van der Waals surface area contributed by atoms with Gasteiger partial charge >= 0.3 is 0 Å². The smallest absolute Gasteiger partial charge is 0.140 e. The first-order valence-electron chi connectivity index (χ1n) is 5.10. The van der Waals surface area contributed by atoms with Crippen molar-refractivity contribution in [2.75, 3.05) is 6.54 Å². The van der Waals surface area contributed by atoms with Crippen LogP contribution in [0.3, 0.4) is 0 Å². The second-order valence-corrected chi connectivity index (χ2v) is 3.64. The van der Waals surface area contributed by atoms with E-state index in [0.29, 0.717) is 0 Å². The van der Waals surface area contributed by atoms with Gasteiger partial charge in [-0.1, -0.05) is 0 Å². The first kappa shape index (κ1) is 8.61. The molecular formula is C11H12N4. The van der Waals surface area contributed by atoms with Crippen LogP contribution in [0.4, 0.5) is 0 Å². The molecule has 1 aliphatic heterocycles. The number of rotatable bonds is 1. The molecule has 4 heteroatoms. The molecule has 2 aromatic rings. The second-order valence-electron chi connectivity index (χ2n) is 3.64. The second kappa shape index (κ2) is 3.47. The normalized spacial score (nSPS) is 14.9. The van der Waals surface area contributed by atoms with Crippen molar-refractivity contribution in [3.05, 3.63) is 36.4 Å². The molecule has 1 N–H and O–H groups in total. The summed E-state index contributed by atoms with van der Waals surface area (Å²) in [6.07, 6.45) is 5.55. The highest BCUT2D eigenvalue weighted by Crippen LogP contribution is 2.19. The van der Waals surface area contributed by atoms with Crippen LogP contribution in [0.15, 0.2) is 30.7 Å². The molecule has 3 rings (SSSR count). The van der Waals surface area contributed by atoms with Gasteiger partial charge in [-0.05, 0) is 12.1 Å². The summed E-state index contributed by atoms with van der Waals surface area (Å²) in [6.45, 7) is 2.92. The molecule has 0 fully saturated rings. The molecule has 0 unspecified atom stereocenters. The lowest BCUT2D eigenvalue weighted by atomic mass is 10.2. The summed E-state index contributed by atoms with van der Waals surface area (Å²) in [6, 6.07) is 4.00. The monoisotopic (exact) mass is 200 g/mol. The molecular weight excluding hydrogens is 188 g/mol. The van der Waals surface area contributed by atoms with Crippen molar-refractivity contribution in [3.63, 3.8) is 0 Å². The van der Waals surface area contributed by atoms with Gasteiger partial charge in [-0.15, -0.1) is 0 Å². The summed E-state index contributed by atoms with van der Waals surface area (Å²) in [4.78, 5) is 8.48. The van der Waals surface area contributed by atoms with Crippen LogP contribution >= 0.6 is 0 Å². The average Bonchev–Trinajstić information content (AvgIpc) is 2.74. The van der Waals surface area contributed by atoms with Gasteiger partial charge in [-0.25, -0.2) is 4.98 Å². The molecule has 76 valence electrons. The third-order valence-electron chi connectivity index (χ3n) is 2.70. The zero-order chi connectivity index (χ0) is 10.1. The van der Waals surface area contributed by atoms with E-state index in [-0.39, 0.29) is 0 Å². The van der Waals surface area contributed by atoms with Gasteiger partial charge in [0.2, 0.25) is 0 Å². The highest BCUT2D eigenvalue weighted by atomic mass is 15.1. The summed E-state index contributed by atoms with van der Waals surface area (Å²) in [5.41, 5.74) is 2.39. The Bertz CT molecular complexity index is 461. The molecule has 3 heterocycles. The molecule has 0 saturated heterocycles. The molecule has 0 radical (unpaired) electrons. The van der Waals surface area contributed by atoms with Crippen LogP contribution in [0.2, 0.25) is 0 Å². The van der Waals surface area contributed by atoms with Crippen LogP contribution in [-0.4, -0.2) is 21.1 Å². The van der Waals surface area contributed by atoms with Gasteiger partial charge in [-0.2, -0.15) is 0 Å². The molecule has 0 atom stereocenters. The van der Waals surface area contributed by atoms with E-state index in [1.165, 1.54) is 5.69 Å². The predicted molar refractivity (Wildman–Crippen MR) is 57.2 cm³/mol. The lowest BCUT2D eigenvalue weighted by molar-refractivity contribution is 0.519. The van der Waals surface area contributed by atoms with Gasteiger partial charge in [0, 0.05) is 37.6 Å². The number of fused-ring (bicyclic) bond motifs is 1. The van der Waals surface area contributed by atoms with Crippen molar-refractivity contribution in [1.82, 2.24) is 19.9 Å². The predicted octanol–water partition coefficient (Wildman–Crippen LogP) is 1.05. The van der Waals surface area contributed by atoms with Crippen LogP contribution < -0.4 is 5.32 Å². The summed E-state index contributed by atoms with van der Waals surface area (Å²) in [5.74, 6) is 1.05. The maximum absolute atomic E-state index is 4.46. The number of aromatic nitrogens is 3. The number of hydrogen-bond donors (Lipinski definition) is 1. The minimum absolute atomic E-state index is 0.915. The SMILES string of the molecule is c1cc(-c2ncc3n2CCNC3)ccn1. The Hall–Kier alpha value is -1.68. The van der Waals surface area contributed by atoms with Crippen molar-refractivity contribution < 1.29 is 0 Å². The Morgan fingerprint density at radius 3 is 3.00 bits per heavy atom. The van der Waals surface area contributed by atoms with E-state index < -0.39 is 0 Å². The first-order chi connectivity index (χ1) is 7.45. The molecule has 15 heavy (non-hydrogen) atoms. The highest BCUT2D eigenvalue weighted by molar-refractivity contribution is 5.55. The molecule has 0 aliphatic carbocycles. The van der Waals surface area contributed by atoms with E-state index in [2.05, 4.69) is 19.9 Å². The van der Waals surface area contributed by atoms with Gasteiger partial charge < -0.3 is 9.88 Å². The molecule has 4 nitrogen and oxygen atoms in total. The third kappa shape index (κ3) is 1.43. The Kier molecular flexibility index (Phi) is 1.99. The molecule has 0 saturated carbocycles. The molecule has 0 spiro atoms. The average molecular weight is 200 g/mol. The Balaban J connectivity index is 2.09. The topological polar surface area (TPSA) is 42.7 Å². The van der Waals surface area contributed by atoms with E-state index in [9.17, 15) is 0 Å². The van der Waals surface area contributed by atoms with Crippen LogP contribution in [0, 0.1) is 0 Å². The van der Waals surface area contributed by atoms with E-state index in [1.807, 2.05) is 18.3 Å². The van der Waals surface area contributed by atoms with Gasteiger partial charge in [0.25, 0.3) is 0 Å². The lowest BCUT2D eigenvalue weighted by Gasteiger charge is -2.17. The van der Waals surface area contributed by atoms with Crippen molar-refractivity contribution in [2.24, 2.45) is 0 Å². The molecule has 1 aliphatic rings. The Labute approximate surface area is 88.0 Å². The number of hydrogen-bond acceptors (Lipinski definition) is 3. The minimum atomic E-state index is 0.915. The summed E-state index contributed by atoms with van der Waals surface area (Å²) in [7, 11) is 0. The van der Waals surface area contributed by atoms with Gasteiger partial charge in [0.1, 0.15) is 5.82 Å². The molecule has 0 amide bonds. The Morgan fingerprint density at radius 1 is 1.27 bits per heavy atom. The molecule has 2 aromatic heterocycles. The van der Waals surface area contributed by atoms with Crippen molar-refractivity contribution in [2.45, 2.75) is 13.1 Å². The number of nitrogens with one attached hydrogen (secondary N) is 1. The van der Waals surface area contributed by atoms with Gasteiger partial charge in [0.15, 0.2) is 0 Å². The van der Waals surface area contributed by atoms with Crippen LogP contribution in [0.1, 0.15) is 5.69 Å². The zero-order valence-corrected chi connectivity index (χ0v) is 8.35. The fourth-order valence-corrected chi connectivity index (χ4v) is 1.94. The van der Waals surface area contributed by atoms with Crippen LogP contribution in [0.25, 0.3) is 11.4 Å². The zero-order valence-electron chi connectivity index (χ0n) is 8.35. The van der Waals surface area contributed by atoms with Crippen molar-refractivity contribution >= 4 is 0 Å². The van der Waals surface area contributed by atoms with Crippen LogP contribution in [0.5, 0.6) is 0 Å². The highest BCUT2D eigenvalue weighted by Gasteiger charge is 2.14. The van der Waals surface area contributed by atoms with E-state index >= 15 is 0 Å². The molecule has 0 bridgehead atoms. The van der Waals surface area contributed by atoms with E-state index in [0.717, 1.165) is 31.0 Å². The van der Waals surface area contributed by atoms with Crippen molar-refractivity contribution in [1.29, 1.82) is 0 Å². The van der Waals surface area contributed by atoms with Gasteiger partial charge in [0.05, 0.1) is 11.9 Å². The Morgan fingerprint density at radius 2 is 2.13 bits per heavy atom. The van der Waals surface area contributed by atoms with Crippen molar-refractivity contribution in [3.8, 4) is 11.4 Å². The number of imidazole rings is 1. The molecule has 0 aromatic carbocycles. The summed E-state index contributed by atoms with van der Waals surface area (Å²) in [5, 5.41) is 3.33. The number of pyridine rings is 1. The first-order valence-corrected chi connectivity index (χ1v) is 5.10. The fraction of sp³-hybridized carbons (Fsp3) is 0.273. The maximum atomic E-state index is 4.46. The quantitative estimate of drug-likeness (QED) is 0.748. The van der Waals surface area contributed by atoms with Gasteiger partial charge in [-0.3, -0.25) is 4.98 Å². The van der Waals surface area contributed by atoms with E-state index in [1.54, 1.807) is 12.4 Å². The number of nitrogens with zero attached hydrogens (tertiary/aromatic N) is 3. The van der Waals surface area contributed by atoms with Crippen LogP contribution in [-0.2, 0) is 13.1 Å². The largest absolute Gasteiger partial charge is 0.326 e. The summed E-state index contributed by atoms with van der Waals surface area (Å²) >= 11 is 0. The third-order valence-corrected chi connectivity index (χ3v) is 2.70. The lowest BCUT2D eigenvalue weighted by Crippen LogP contribution is -2.27. The summed E-state index contributed by atoms with van der Waals surface area (Å²) < 4.78 is 2.27.